The molecule has 0 spiro atoms. The number of rotatable bonds is 3. The highest BCUT2D eigenvalue weighted by molar-refractivity contribution is 7.10. The van der Waals surface area contributed by atoms with Crippen LogP contribution >= 0.6 is 11.3 Å². The zero-order valence-corrected chi connectivity index (χ0v) is 14.4. The first-order chi connectivity index (χ1) is 11.1. The van der Waals surface area contributed by atoms with E-state index in [0.29, 0.717) is 0 Å². The molecule has 5 nitrogen and oxygen atoms in total. The van der Waals surface area contributed by atoms with Crippen LogP contribution in [0.1, 0.15) is 65.2 Å². The lowest BCUT2D eigenvalue weighted by atomic mass is 9.88. The molecular weight excluding hydrogens is 308 g/mol. The Balaban J connectivity index is 1.52. The van der Waals surface area contributed by atoms with Gasteiger partial charge in [0.1, 0.15) is 5.82 Å². The predicted molar refractivity (Wildman–Crippen MR) is 89.7 cm³/mol. The van der Waals surface area contributed by atoms with E-state index < -0.39 is 0 Å². The van der Waals surface area contributed by atoms with Crippen molar-refractivity contribution in [3.63, 3.8) is 0 Å². The maximum Gasteiger partial charge on any atom is 0.252 e. The molecule has 1 aliphatic heterocycles. The number of nitrogens with one attached hydrogen (secondary N) is 1. The first-order valence-electron chi connectivity index (χ1n) is 8.45. The minimum absolute atomic E-state index is 0.0277. The van der Waals surface area contributed by atoms with Crippen molar-refractivity contribution in [2.45, 2.75) is 58.5 Å². The van der Waals surface area contributed by atoms with Gasteiger partial charge in [0, 0.05) is 23.2 Å². The Labute approximate surface area is 140 Å². The molecule has 0 aromatic carbocycles. The summed E-state index contributed by atoms with van der Waals surface area (Å²) in [4.78, 5) is 14.1. The Kier molecular flexibility index (Phi) is 3.71. The fraction of sp³-hybridized carbons (Fsp3) is 0.588. The van der Waals surface area contributed by atoms with Crippen LogP contribution in [-0.4, -0.2) is 20.7 Å². The Hall–Kier alpha value is -1.69. The number of carbonyl (C=O) groups is 1. The van der Waals surface area contributed by atoms with Crippen molar-refractivity contribution in [3.05, 3.63) is 33.0 Å². The summed E-state index contributed by atoms with van der Waals surface area (Å²) in [6.07, 6.45) is 5.42. The topological polar surface area (TPSA) is 59.8 Å². The third-order valence-corrected chi connectivity index (χ3v) is 6.07. The fourth-order valence-electron chi connectivity index (χ4n) is 3.70. The van der Waals surface area contributed by atoms with Crippen LogP contribution in [0.3, 0.4) is 0 Å². The van der Waals surface area contributed by atoms with Crippen LogP contribution in [-0.2, 0) is 25.8 Å². The highest BCUT2D eigenvalue weighted by Gasteiger charge is 2.26. The van der Waals surface area contributed by atoms with Crippen molar-refractivity contribution < 1.29 is 4.79 Å². The van der Waals surface area contributed by atoms with Crippen LogP contribution in [0.2, 0.25) is 0 Å². The van der Waals surface area contributed by atoms with E-state index in [-0.39, 0.29) is 11.9 Å². The third-order valence-electron chi connectivity index (χ3n) is 5.02. The molecule has 2 aromatic rings. The quantitative estimate of drug-likeness (QED) is 0.941. The number of hydrogen-bond acceptors (Lipinski definition) is 4. The zero-order valence-electron chi connectivity index (χ0n) is 13.6. The number of nitrogens with zero attached hydrogens (tertiary/aromatic N) is 3. The van der Waals surface area contributed by atoms with E-state index in [1.54, 1.807) is 11.3 Å². The van der Waals surface area contributed by atoms with Crippen LogP contribution < -0.4 is 5.32 Å². The third kappa shape index (κ3) is 2.59. The largest absolute Gasteiger partial charge is 0.342 e. The van der Waals surface area contributed by atoms with Crippen molar-refractivity contribution in [1.29, 1.82) is 0 Å². The Morgan fingerprint density at radius 3 is 3.17 bits per heavy atom. The van der Waals surface area contributed by atoms with E-state index in [0.717, 1.165) is 55.4 Å². The van der Waals surface area contributed by atoms with Crippen molar-refractivity contribution in [2.75, 3.05) is 0 Å². The van der Waals surface area contributed by atoms with Gasteiger partial charge in [0.25, 0.3) is 5.91 Å². The maximum atomic E-state index is 12.7. The van der Waals surface area contributed by atoms with Crippen LogP contribution in [0.5, 0.6) is 0 Å². The molecular formula is C17H22N4OS. The van der Waals surface area contributed by atoms with Gasteiger partial charge < -0.3 is 9.88 Å². The predicted octanol–water partition coefficient (Wildman–Crippen LogP) is 2.90. The van der Waals surface area contributed by atoms with Gasteiger partial charge in [-0.2, -0.15) is 0 Å². The van der Waals surface area contributed by atoms with Crippen molar-refractivity contribution in [1.82, 2.24) is 20.1 Å². The molecule has 2 aromatic heterocycles. The van der Waals surface area contributed by atoms with E-state index in [1.165, 1.54) is 16.9 Å². The normalized spacial score (nSPS) is 20.9. The minimum atomic E-state index is -0.111. The summed E-state index contributed by atoms with van der Waals surface area (Å²) in [5, 5.41) is 13.6. The summed E-state index contributed by atoms with van der Waals surface area (Å²) in [5.41, 5.74) is 2.13. The molecule has 23 heavy (non-hydrogen) atoms. The average molecular weight is 330 g/mol. The highest BCUT2D eigenvalue weighted by atomic mass is 32.1. The van der Waals surface area contributed by atoms with Gasteiger partial charge in [-0.15, -0.1) is 21.5 Å². The number of aromatic nitrogens is 3. The lowest BCUT2D eigenvalue weighted by Crippen LogP contribution is -2.29. The molecule has 1 aliphatic carbocycles. The van der Waals surface area contributed by atoms with Crippen LogP contribution in [0.15, 0.2) is 5.38 Å². The number of thiophene rings is 1. The maximum absolute atomic E-state index is 12.7. The molecule has 2 atom stereocenters. The van der Waals surface area contributed by atoms with E-state index in [2.05, 4.69) is 27.0 Å². The summed E-state index contributed by atoms with van der Waals surface area (Å²) in [5.74, 6) is 2.68. The first kappa shape index (κ1) is 14.9. The second kappa shape index (κ2) is 5.74. The van der Waals surface area contributed by atoms with Gasteiger partial charge in [-0.1, -0.05) is 6.92 Å². The molecule has 1 N–H and O–H groups in total. The van der Waals surface area contributed by atoms with Gasteiger partial charge in [0.15, 0.2) is 5.82 Å². The van der Waals surface area contributed by atoms with Crippen LogP contribution in [0.25, 0.3) is 0 Å². The molecule has 1 amide bonds. The smallest absolute Gasteiger partial charge is 0.252 e. The molecule has 3 heterocycles. The molecule has 0 saturated carbocycles. The Bertz CT molecular complexity index is 748. The van der Waals surface area contributed by atoms with Gasteiger partial charge in [-0.25, -0.2) is 0 Å². The molecule has 0 fully saturated rings. The standard InChI is InChI=1S/C17H22N4OS/c1-10-5-6-12-13(9-23-14(12)8-10)17(22)18-11(2)16-20-19-15-4-3-7-21(15)16/h9-11H,3-8H2,1-2H3,(H,18,22)/t10-,11-/m0/s1. The van der Waals surface area contributed by atoms with Crippen LogP contribution in [0.4, 0.5) is 0 Å². The van der Waals surface area contributed by atoms with Gasteiger partial charge in [0.05, 0.1) is 11.6 Å². The highest BCUT2D eigenvalue weighted by Crippen LogP contribution is 2.33. The minimum Gasteiger partial charge on any atom is -0.342 e. The molecule has 6 heteroatoms. The van der Waals surface area contributed by atoms with Crippen LogP contribution in [0, 0.1) is 5.92 Å². The lowest BCUT2D eigenvalue weighted by molar-refractivity contribution is 0.0936. The van der Waals surface area contributed by atoms with E-state index >= 15 is 0 Å². The first-order valence-corrected chi connectivity index (χ1v) is 9.33. The SMILES string of the molecule is C[C@H]1CCc2c(C(=O)N[C@@H](C)c3nnc4n3CCC4)csc2C1. The number of carbonyl (C=O) groups excluding carboxylic acids is 1. The van der Waals surface area contributed by atoms with Crippen molar-refractivity contribution in [3.8, 4) is 0 Å². The second-order valence-corrected chi connectivity index (χ2v) is 7.79. The number of amides is 1. The second-order valence-electron chi connectivity index (χ2n) is 6.82. The molecule has 4 rings (SSSR count). The van der Waals surface area contributed by atoms with Gasteiger partial charge in [-0.3, -0.25) is 4.79 Å². The molecule has 122 valence electrons. The van der Waals surface area contributed by atoms with E-state index in [9.17, 15) is 4.79 Å². The lowest BCUT2D eigenvalue weighted by Gasteiger charge is -2.19. The van der Waals surface area contributed by atoms with Crippen molar-refractivity contribution >= 4 is 17.2 Å². The van der Waals surface area contributed by atoms with E-state index in [1.807, 2.05) is 12.3 Å². The van der Waals surface area contributed by atoms with Crippen molar-refractivity contribution in [2.24, 2.45) is 5.92 Å². The molecule has 2 aliphatic rings. The summed E-state index contributed by atoms with van der Waals surface area (Å²) in [6.45, 7) is 5.24. The van der Waals surface area contributed by atoms with Gasteiger partial charge >= 0.3 is 0 Å². The summed E-state index contributed by atoms with van der Waals surface area (Å²) in [7, 11) is 0. The van der Waals surface area contributed by atoms with E-state index in [4.69, 9.17) is 0 Å². The molecule has 0 unspecified atom stereocenters. The Morgan fingerprint density at radius 2 is 2.30 bits per heavy atom. The number of hydrogen-bond donors (Lipinski definition) is 1. The molecule has 0 radical (unpaired) electrons. The Morgan fingerprint density at radius 1 is 1.43 bits per heavy atom. The number of aryl methyl sites for hydroxylation is 1. The van der Waals surface area contributed by atoms with Gasteiger partial charge in [0.2, 0.25) is 0 Å². The summed E-state index contributed by atoms with van der Waals surface area (Å²) < 4.78 is 2.15. The monoisotopic (exact) mass is 330 g/mol. The average Bonchev–Trinajstić information content (AvgIpc) is 3.20. The van der Waals surface area contributed by atoms with Gasteiger partial charge in [-0.05, 0) is 44.1 Å². The summed E-state index contributed by atoms with van der Waals surface area (Å²) in [6, 6.07) is -0.111. The summed E-state index contributed by atoms with van der Waals surface area (Å²) >= 11 is 1.73. The molecule has 0 bridgehead atoms. The molecule has 0 saturated heterocycles. The fourth-order valence-corrected chi connectivity index (χ4v) is 4.94. The zero-order chi connectivity index (χ0) is 16.0. The number of fused-ring (bicyclic) bond motifs is 2.